The molecule has 1 aliphatic rings. The molecule has 1 saturated heterocycles. The minimum Gasteiger partial charge on any atom is -0.341 e. The minimum atomic E-state index is 0.645. The van der Waals surface area contributed by atoms with Crippen LogP contribution in [0.2, 0.25) is 5.02 Å². The molecule has 0 spiro atoms. The molecule has 1 aliphatic heterocycles. The molecule has 0 radical (unpaired) electrons. The van der Waals surface area contributed by atoms with Gasteiger partial charge in [0.15, 0.2) is 5.16 Å². The molecule has 4 rings (SSSR count). The van der Waals surface area contributed by atoms with Crippen LogP contribution in [-0.2, 0) is 5.75 Å². The van der Waals surface area contributed by atoms with Gasteiger partial charge in [-0.1, -0.05) is 53.7 Å². The first-order valence-corrected chi connectivity index (χ1v) is 10.2. The van der Waals surface area contributed by atoms with E-state index < -0.39 is 0 Å². The lowest BCUT2D eigenvalue weighted by Crippen LogP contribution is -2.22. The average molecular weight is 396 g/mol. The van der Waals surface area contributed by atoms with Crippen LogP contribution in [0.25, 0.3) is 5.69 Å². The Kier molecular flexibility index (Phi) is 5.33. The van der Waals surface area contributed by atoms with Gasteiger partial charge in [0.1, 0.15) is 0 Å². The molecule has 3 aromatic rings. The lowest BCUT2D eigenvalue weighted by atomic mass is 10.1. The van der Waals surface area contributed by atoms with Crippen molar-refractivity contribution in [2.24, 2.45) is 0 Å². The van der Waals surface area contributed by atoms with Crippen LogP contribution in [-0.4, -0.2) is 27.9 Å². The van der Waals surface area contributed by atoms with Gasteiger partial charge in [-0.15, -0.1) is 10.2 Å². The second-order valence-corrected chi connectivity index (χ2v) is 7.67. The van der Waals surface area contributed by atoms with E-state index in [9.17, 15) is 5.26 Å². The zero-order valence-electron chi connectivity index (χ0n) is 14.7. The number of anilines is 1. The second kappa shape index (κ2) is 8.03. The van der Waals surface area contributed by atoms with Crippen molar-refractivity contribution < 1.29 is 0 Å². The Hall–Kier alpha value is -2.49. The van der Waals surface area contributed by atoms with Crippen molar-refractivity contribution >= 4 is 29.3 Å². The number of aromatic nitrogens is 3. The topological polar surface area (TPSA) is 57.7 Å². The zero-order chi connectivity index (χ0) is 18.6. The van der Waals surface area contributed by atoms with E-state index in [1.54, 1.807) is 11.8 Å². The molecule has 27 heavy (non-hydrogen) atoms. The molecule has 0 N–H and O–H groups in total. The van der Waals surface area contributed by atoms with Gasteiger partial charge in [0.2, 0.25) is 5.95 Å². The van der Waals surface area contributed by atoms with Crippen molar-refractivity contribution in [3.05, 3.63) is 64.7 Å². The summed E-state index contributed by atoms with van der Waals surface area (Å²) >= 11 is 8.05. The standard InChI is InChI=1S/C20H18ClN5S/c21-17-9-3-4-10-18(17)26-19(25-11-5-6-12-25)23-24-20(26)27-14-16-8-2-1-7-15(16)13-22/h1-4,7-10H,5-6,11-12,14H2. The largest absolute Gasteiger partial charge is 0.341 e. The van der Waals surface area contributed by atoms with Crippen LogP contribution in [0.15, 0.2) is 53.7 Å². The molecular formula is C20H18ClN5S. The summed E-state index contributed by atoms with van der Waals surface area (Å²) in [5, 5.41) is 19.7. The van der Waals surface area contributed by atoms with Gasteiger partial charge in [-0.3, -0.25) is 4.57 Å². The van der Waals surface area contributed by atoms with Crippen molar-refractivity contribution in [2.75, 3.05) is 18.0 Å². The van der Waals surface area contributed by atoms with Gasteiger partial charge >= 0.3 is 0 Å². The Balaban J connectivity index is 1.70. The first kappa shape index (κ1) is 17.9. The van der Waals surface area contributed by atoms with Gasteiger partial charge in [0.05, 0.1) is 22.3 Å². The summed E-state index contributed by atoms with van der Waals surface area (Å²) in [6.07, 6.45) is 2.32. The van der Waals surface area contributed by atoms with E-state index in [2.05, 4.69) is 21.2 Å². The lowest BCUT2D eigenvalue weighted by Gasteiger charge is -2.19. The molecule has 1 fully saturated rings. The SMILES string of the molecule is N#Cc1ccccc1CSc1nnc(N2CCCC2)n1-c1ccccc1Cl. The highest BCUT2D eigenvalue weighted by Crippen LogP contribution is 2.33. The molecule has 0 bridgehead atoms. The summed E-state index contributed by atoms with van der Waals surface area (Å²) in [4.78, 5) is 2.25. The maximum atomic E-state index is 9.32. The van der Waals surface area contributed by atoms with Crippen molar-refractivity contribution in [3.8, 4) is 11.8 Å². The smallest absolute Gasteiger partial charge is 0.232 e. The number of thioether (sulfide) groups is 1. The van der Waals surface area contributed by atoms with E-state index in [0.717, 1.165) is 48.3 Å². The zero-order valence-corrected chi connectivity index (χ0v) is 16.2. The third-order valence-corrected chi connectivity index (χ3v) is 5.89. The Bertz CT molecular complexity index is 988. The van der Waals surface area contributed by atoms with E-state index >= 15 is 0 Å². The molecule has 136 valence electrons. The number of rotatable bonds is 5. The van der Waals surface area contributed by atoms with Crippen LogP contribution < -0.4 is 4.90 Å². The second-order valence-electron chi connectivity index (χ2n) is 6.32. The number of hydrogen-bond acceptors (Lipinski definition) is 5. The molecule has 0 atom stereocenters. The van der Waals surface area contributed by atoms with Crippen LogP contribution in [0.1, 0.15) is 24.0 Å². The molecule has 2 aromatic carbocycles. The highest BCUT2D eigenvalue weighted by Gasteiger charge is 2.23. The molecule has 2 heterocycles. The highest BCUT2D eigenvalue weighted by molar-refractivity contribution is 7.98. The number of halogens is 1. The molecule has 1 aromatic heterocycles. The number of nitrogens with zero attached hydrogens (tertiary/aromatic N) is 5. The van der Waals surface area contributed by atoms with E-state index in [0.29, 0.717) is 16.3 Å². The summed E-state index contributed by atoms with van der Waals surface area (Å²) in [7, 11) is 0. The van der Waals surface area contributed by atoms with E-state index in [1.807, 2.05) is 53.1 Å². The van der Waals surface area contributed by atoms with Crippen LogP contribution in [0, 0.1) is 11.3 Å². The predicted octanol–water partition coefficient (Wildman–Crippen LogP) is 4.68. The van der Waals surface area contributed by atoms with Crippen LogP contribution >= 0.6 is 23.4 Å². The summed E-state index contributed by atoms with van der Waals surface area (Å²) < 4.78 is 2.04. The lowest BCUT2D eigenvalue weighted by molar-refractivity contribution is 0.841. The van der Waals surface area contributed by atoms with Gasteiger partial charge in [0.25, 0.3) is 0 Å². The van der Waals surface area contributed by atoms with Crippen molar-refractivity contribution in [3.63, 3.8) is 0 Å². The summed E-state index contributed by atoms with van der Waals surface area (Å²) in [5.41, 5.74) is 2.55. The van der Waals surface area contributed by atoms with Gasteiger partial charge < -0.3 is 4.90 Å². The number of nitriles is 1. The summed E-state index contributed by atoms with van der Waals surface area (Å²) in [6, 6.07) is 17.6. The van der Waals surface area contributed by atoms with E-state index in [-0.39, 0.29) is 0 Å². The third-order valence-electron chi connectivity index (χ3n) is 4.59. The Morgan fingerprint density at radius 1 is 1.04 bits per heavy atom. The molecule has 0 unspecified atom stereocenters. The van der Waals surface area contributed by atoms with Crippen LogP contribution in [0.5, 0.6) is 0 Å². The summed E-state index contributed by atoms with van der Waals surface area (Å²) in [5.74, 6) is 1.48. The Labute approximate surface area is 167 Å². The van der Waals surface area contributed by atoms with Crippen LogP contribution in [0.3, 0.4) is 0 Å². The van der Waals surface area contributed by atoms with Gasteiger partial charge in [-0.2, -0.15) is 5.26 Å². The average Bonchev–Trinajstić information content (AvgIpc) is 3.36. The first-order valence-electron chi connectivity index (χ1n) is 8.84. The number of benzene rings is 2. The van der Waals surface area contributed by atoms with Crippen molar-refractivity contribution in [1.82, 2.24) is 14.8 Å². The van der Waals surface area contributed by atoms with Gasteiger partial charge in [-0.25, -0.2) is 0 Å². The van der Waals surface area contributed by atoms with E-state index in [4.69, 9.17) is 11.6 Å². The number of hydrogen-bond donors (Lipinski definition) is 0. The summed E-state index contributed by atoms with van der Waals surface area (Å²) in [6.45, 7) is 1.95. The molecule has 0 amide bonds. The fraction of sp³-hybridized carbons (Fsp3) is 0.250. The van der Waals surface area contributed by atoms with Crippen molar-refractivity contribution in [2.45, 2.75) is 23.8 Å². The van der Waals surface area contributed by atoms with Gasteiger partial charge in [-0.05, 0) is 36.6 Å². The Morgan fingerprint density at radius 2 is 1.78 bits per heavy atom. The minimum absolute atomic E-state index is 0.645. The predicted molar refractivity (Wildman–Crippen MR) is 109 cm³/mol. The molecular weight excluding hydrogens is 378 g/mol. The maximum Gasteiger partial charge on any atom is 0.232 e. The quantitative estimate of drug-likeness (QED) is 0.587. The number of para-hydroxylation sites is 1. The Morgan fingerprint density at radius 3 is 2.56 bits per heavy atom. The van der Waals surface area contributed by atoms with Crippen molar-refractivity contribution in [1.29, 1.82) is 5.26 Å². The third kappa shape index (κ3) is 3.66. The molecule has 0 aliphatic carbocycles. The monoisotopic (exact) mass is 395 g/mol. The fourth-order valence-corrected chi connectivity index (χ4v) is 4.38. The first-order chi connectivity index (χ1) is 13.3. The molecule has 0 saturated carbocycles. The normalized spacial score (nSPS) is 13.7. The maximum absolute atomic E-state index is 9.32. The highest BCUT2D eigenvalue weighted by atomic mass is 35.5. The van der Waals surface area contributed by atoms with Gasteiger partial charge in [0, 0.05) is 18.8 Å². The fourth-order valence-electron chi connectivity index (χ4n) is 3.22. The molecule has 7 heteroatoms. The molecule has 5 nitrogen and oxygen atoms in total. The van der Waals surface area contributed by atoms with E-state index in [1.165, 1.54) is 0 Å². The van der Waals surface area contributed by atoms with Crippen LogP contribution in [0.4, 0.5) is 5.95 Å².